The Labute approximate surface area is 240 Å². The van der Waals surface area contributed by atoms with Crippen LogP contribution in [0.5, 0.6) is 0 Å². The molecule has 0 bridgehead atoms. The van der Waals surface area contributed by atoms with E-state index in [1.54, 1.807) is 0 Å². The molecule has 39 heavy (non-hydrogen) atoms. The van der Waals surface area contributed by atoms with Crippen molar-refractivity contribution in [3.8, 4) is 0 Å². The fourth-order valence-electron chi connectivity index (χ4n) is 11.3. The second-order valence-corrected chi connectivity index (χ2v) is 15.9. The van der Waals surface area contributed by atoms with Crippen LogP contribution >= 0.6 is 0 Å². The number of piperazine rings is 2. The van der Waals surface area contributed by atoms with E-state index in [1.165, 1.54) is 135 Å². The first-order chi connectivity index (χ1) is 19.2. The molecule has 222 valence electrons. The Morgan fingerprint density at radius 2 is 0.692 bits per heavy atom. The molecule has 4 heteroatoms. The summed E-state index contributed by atoms with van der Waals surface area (Å²) in [5, 5.41) is 17.5. The number of fused-ring (bicyclic) bond motifs is 2. The smallest absolute Gasteiger partial charge is 0.0255 e. The predicted octanol–water partition coefficient (Wildman–Crippen LogP) is 6.68. The van der Waals surface area contributed by atoms with Crippen LogP contribution in [0.25, 0.3) is 0 Å². The highest BCUT2D eigenvalue weighted by molar-refractivity contribution is 5.08. The van der Waals surface area contributed by atoms with Gasteiger partial charge in [0, 0.05) is 48.3 Å². The molecule has 7 fully saturated rings. The standard InChI is InChI=1S/C35H62N4/c1-23-16-21-30-31(22-23)39-33(25-12-6-3-7-13-25)35(38-30)27-19-17-26(18-20-27)34-32(24-10-4-2-5-11-24)36-28-14-8-9-15-29(28)37-34/h23-39H,2-22H2,1H3. The van der Waals surface area contributed by atoms with Crippen LogP contribution in [0.3, 0.4) is 0 Å². The zero-order valence-corrected chi connectivity index (χ0v) is 25.4. The van der Waals surface area contributed by atoms with Crippen molar-refractivity contribution in [1.29, 1.82) is 0 Å². The maximum Gasteiger partial charge on any atom is 0.0255 e. The van der Waals surface area contributed by atoms with Crippen molar-refractivity contribution in [2.24, 2.45) is 29.6 Å². The molecule has 9 atom stereocenters. The zero-order chi connectivity index (χ0) is 26.2. The van der Waals surface area contributed by atoms with E-state index >= 15 is 0 Å². The van der Waals surface area contributed by atoms with Crippen molar-refractivity contribution < 1.29 is 0 Å². The van der Waals surface area contributed by atoms with E-state index in [2.05, 4.69) is 28.2 Å². The summed E-state index contributed by atoms with van der Waals surface area (Å²) < 4.78 is 0. The topological polar surface area (TPSA) is 48.1 Å². The minimum absolute atomic E-state index is 0.720. The highest BCUT2D eigenvalue weighted by Gasteiger charge is 2.48. The number of nitrogens with one attached hydrogen (secondary N) is 4. The van der Waals surface area contributed by atoms with Crippen LogP contribution in [-0.2, 0) is 0 Å². The number of rotatable bonds is 4. The second kappa shape index (κ2) is 12.6. The fraction of sp³-hybridized carbons (Fsp3) is 1.00. The molecular weight excluding hydrogens is 476 g/mol. The first-order valence-electron chi connectivity index (χ1n) is 18.3. The summed E-state index contributed by atoms with van der Waals surface area (Å²) in [6, 6.07) is 5.86. The molecular formula is C35H62N4. The lowest BCUT2D eigenvalue weighted by Crippen LogP contribution is -2.71. The highest BCUT2D eigenvalue weighted by atomic mass is 15.2. The maximum absolute atomic E-state index is 4.39. The normalized spacial score (nSPS) is 48.7. The molecule has 2 heterocycles. The number of hydrogen-bond acceptors (Lipinski definition) is 4. The van der Waals surface area contributed by atoms with Gasteiger partial charge in [-0.2, -0.15) is 0 Å². The zero-order valence-electron chi connectivity index (χ0n) is 25.4. The van der Waals surface area contributed by atoms with Gasteiger partial charge < -0.3 is 21.3 Å². The van der Waals surface area contributed by atoms with Crippen molar-refractivity contribution in [2.75, 3.05) is 0 Å². The second-order valence-electron chi connectivity index (χ2n) is 15.9. The van der Waals surface area contributed by atoms with Gasteiger partial charge in [-0.1, -0.05) is 58.3 Å². The Morgan fingerprint density at radius 3 is 1.15 bits per heavy atom. The van der Waals surface area contributed by atoms with Crippen molar-refractivity contribution in [1.82, 2.24) is 21.3 Å². The van der Waals surface area contributed by atoms with Crippen LogP contribution in [0.1, 0.15) is 142 Å². The van der Waals surface area contributed by atoms with Crippen LogP contribution in [-0.4, -0.2) is 48.3 Å². The Kier molecular flexibility index (Phi) is 8.94. The lowest BCUT2D eigenvalue weighted by molar-refractivity contribution is 0.0421. The van der Waals surface area contributed by atoms with Crippen LogP contribution < -0.4 is 21.3 Å². The van der Waals surface area contributed by atoms with Gasteiger partial charge in [-0.3, -0.25) is 0 Å². The molecule has 0 radical (unpaired) electrons. The third-order valence-corrected chi connectivity index (χ3v) is 13.4. The summed E-state index contributed by atoms with van der Waals surface area (Å²) in [5.41, 5.74) is 0. The Balaban J connectivity index is 1.03. The van der Waals surface area contributed by atoms with E-state index in [0.29, 0.717) is 0 Å². The van der Waals surface area contributed by atoms with Gasteiger partial charge in [-0.15, -0.1) is 0 Å². The van der Waals surface area contributed by atoms with Gasteiger partial charge in [-0.05, 0) is 113 Å². The van der Waals surface area contributed by atoms with Crippen LogP contribution in [0.15, 0.2) is 0 Å². The molecule has 0 amide bonds. The molecule has 7 aliphatic rings. The molecule has 2 aliphatic heterocycles. The first-order valence-corrected chi connectivity index (χ1v) is 18.3. The molecule has 5 aliphatic carbocycles. The van der Waals surface area contributed by atoms with Crippen LogP contribution in [0, 0.1) is 29.6 Å². The molecule has 0 aromatic rings. The average molecular weight is 539 g/mol. The van der Waals surface area contributed by atoms with E-state index in [1.807, 2.05) is 0 Å². The van der Waals surface area contributed by atoms with E-state index in [9.17, 15) is 0 Å². The van der Waals surface area contributed by atoms with Gasteiger partial charge in [0.25, 0.3) is 0 Å². The van der Waals surface area contributed by atoms with Crippen molar-refractivity contribution >= 4 is 0 Å². The molecule has 4 N–H and O–H groups in total. The van der Waals surface area contributed by atoms with E-state index in [4.69, 9.17) is 0 Å². The van der Waals surface area contributed by atoms with Gasteiger partial charge in [0.2, 0.25) is 0 Å². The molecule has 7 rings (SSSR count). The van der Waals surface area contributed by atoms with Gasteiger partial charge in [-0.25, -0.2) is 0 Å². The van der Waals surface area contributed by atoms with Crippen molar-refractivity contribution in [2.45, 2.75) is 190 Å². The highest BCUT2D eigenvalue weighted by Crippen LogP contribution is 2.43. The molecule has 5 saturated carbocycles. The summed E-state index contributed by atoms with van der Waals surface area (Å²) in [6.45, 7) is 2.49. The number of hydrogen-bond donors (Lipinski definition) is 4. The lowest BCUT2D eigenvalue weighted by atomic mass is 9.66. The van der Waals surface area contributed by atoms with E-state index in [-0.39, 0.29) is 0 Å². The molecule has 2 saturated heterocycles. The Bertz CT molecular complexity index is 767. The average Bonchev–Trinajstić information content (AvgIpc) is 3.01. The molecule has 0 aromatic carbocycles. The summed E-state index contributed by atoms with van der Waals surface area (Å²) in [7, 11) is 0. The Hall–Kier alpha value is -0.160. The minimum atomic E-state index is 0.720. The molecule has 0 aromatic heterocycles. The third-order valence-electron chi connectivity index (χ3n) is 13.4. The van der Waals surface area contributed by atoms with E-state index in [0.717, 1.165) is 77.9 Å². The summed E-state index contributed by atoms with van der Waals surface area (Å²) in [4.78, 5) is 0. The lowest BCUT2D eigenvalue weighted by Gasteiger charge is -2.54. The van der Waals surface area contributed by atoms with Crippen molar-refractivity contribution in [3.63, 3.8) is 0 Å². The molecule has 0 spiro atoms. The largest absolute Gasteiger partial charge is 0.308 e. The summed E-state index contributed by atoms with van der Waals surface area (Å²) >= 11 is 0. The predicted molar refractivity (Wildman–Crippen MR) is 163 cm³/mol. The maximum atomic E-state index is 4.39. The van der Waals surface area contributed by atoms with E-state index < -0.39 is 0 Å². The quantitative estimate of drug-likeness (QED) is 0.322. The fourth-order valence-corrected chi connectivity index (χ4v) is 11.3. The molecule has 9 unspecified atom stereocenters. The van der Waals surface area contributed by atoms with Gasteiger partial charge >= 0.3 is 0 Å². The Morgan fingerprint density at radius 1 is 0.333 bits per heavy atom. The van der Waals surface area contributed by atoms with Crippen LogP contribution in [0.2, 0.25) is 0 Å². The summed E-state index contributed by atoms with van der Waals surface area (Å²) in [6.07, 6.45) is 30.5. The monoisotopic (exact) mass is 538 g/mol. The van der Waals surface area contributed by atoms with Crippen LogP contribution in [0.4, 0.5) is 0 Å². The SMILES string of the molecule is CC1CCC2NC(C3CCC(C4NC5CCCCC5NC4C4CCCCC4)CC3)C(C3CCCCC3)NC2C1. The van der Waals surface area contributed by atoms with Gasteiger partial charge in [0.1, 0.15) is 0 Å². The van der Waals surface area contributed by atoms with Gasteiger partial charge in [0.05, 0.1) is 0 Å². The van der Waals surface area contributed by atoms with Gasteiger partial charge in [0.15, 0.2) is 0 Å². The summed E-state index contributed by atoms with van der Waals surface area (Å²) in [5.74, 6) is 4.50. The van der Waals surface area contributed by atoms with Crippen molar-refractivity contribution in [3.05, 3.63) is 0 Å². The first kappa shape index (κ1) is 27.7. The minimum Gasteiger partial charge on any atom is -0.308 e. The molecule has 4 nitrogen and oxygen atoms in total. The third kappa shape index (κ3) is 6.02.